The van der Waals surface area contributed by atoms with Crippen LogP contribution in [0.2, 0.25) is 0 Å². The van der Waals surface area contributed by atoms with Gasteiger partial charge in [0.1, 0.15) is 6.10 Å². The van der Waals surface area contributed by atoms with E-state index in [4.69, 9.17) is 0 Å². The van der Waals surface area contributed by atoms with E-state index in [1.165, 1.54) is 5.57 Å². The summed E-state index contributed by atoms with van der Waals surface area (Å²) < 4.78 is 0. The molecule has 4 aliphatic rings. The highest BCUT2D eigenvalue weighted by atomic mass is 16.3. The number of ketones is 1. The van der Waals surface area contributed by atoms with E-state index in [1.54, 1.807) is 0 Å². The number of aliphatic hydroxyl groups is 1. The van der Waals surface area contributed by atoms with E-state index in [-0.39, 0.29) is 23.5 Å². The van der Waals surface area contributed by atoms with Gasteiger partial charge in [-0.25, -0.2) is 0 Å². The molecule has 2 heteroatoms. The zero-order chi connectivity index (χ0) is 13.0. The Labute approximate surface area is 112 Å². The van der Waals surface area contributed by atoms with Crippen LogP contribution in [-0.4, -0.2) is 17.0 Å². The molecule has 5 unspecified atom stereocenters. The Bertz CT molecular complexity index is 590. The first kappa shape index (κ1) is 11.2. The Hall–Kier alpha value is -1.67. The van der Waals surface area contributed by atoms with Crippen molar-refractivity contribution < 1.29 is 9.90 Å². The predicted molar refractivity (Wildman–Crippen MR) is 73.2 cm³/mol. The van der Waals surface area contributed by atoms with Crippen LogP contribution >= 0.6 is 0 Å². The molecule has 2 nitrogen and oxygen atoms in total. The van der Waals surface area contributed by atoms with Crippen molar-refractivity contribution in [2.45, 2.75) is 12.5 Å². The molecule has 0 aromatic heterocycles. The van der Waals surface area contributed by atoms with Gasteiger partial charge in [0.25, 0.3) is 0 Å². The first-order chi connectivity index (χ1) is 9.25. The van der Waals surface area contributed by atoms with Crippen LogP contribution in [0.5, 0.6) is 0 Å². The number of aliphatic hydroxyl groups excluding tert-OH is 1. The van der Waals surface area contributed by atoms with Crippen molar-refractivity contribution in [2.75, 3.05) is 0 Å². The van der Waals surface area contributed by atoms with Crippen LogP contribution in [0.1, 0.15) is 6.42 Å². The highest BCUT2D eigenvalue weighted by molar-refractivity contribution is 5.94. The fourth-order valence-corrected chi connectivity index (χ4v) is 4.29. The maximum absolute atomic E-state index is 12.7. The number of hydrogen-bond donors (Lipinski definition) is 1. The van der Waals surface area contributed by atoms with E-state index in [1.807, 2.05) is 30.4 Å². The Balaban J connectivity index is 1.85. The van der Waals surface area contributed by atoms with Crippen molar-refractivity contribution in [1.29, 1.82) is 0 Å². The summed E-state index contributed by atoms with van der Waals surface area (Å²) in [6, 6.07) is 0. The van der Waals surface area contributed by atoms with Crippen molar-refractivity contribution in [3.8, 4) is 0 Å². The Morgan fingerprint density at radius 3 is 2.79 bits per heavy atom. The molecule has 4 rings (SSSR count). The van der Waals surface area contributed by atoms with Crippen molar-refractivity contribution >= 4 is 5.78 Å². The lowest BCUT2D eigenvalue weighted by Gasteiger charge is -2.36. The van der Waals surface area contributed by atoms with Crippen LogP contribution in [0.15, 0.2) is 60.3 Å². The average Bonchev–Trinajstić information content (AvgIpc) is 2.95. The van der Waals surface area contributed by atoms with Gasteiger partial charge in [-0.3, -0.25) is 4.79 Å². The summed E-state index contributed by atoms with van der Waals surface area (Å²) in [5.41, 5.74) is 0.772. The number of rotatable bonds is 0. The van der Waals surface area contributed by atoms with E-state index in [9.17, 15) is 9.90 Å². The number of Topliss-reactive ketones (excluding diaryl/α,β-unsaturated/α-hetero) is 1. The number of hydrogen-bond acceptors (Lipinski definition) is 2. The summed E-state index contributed by atoms with van der Waals surface area (Å²) in [5.74, 6) is 0.222. The fraction of sp³-hybridized carbons (Fsp3) is 0.353. The van der Waals surface area contributed by atoms with E-state index < -0.39 is 11.5 Å². The number of carbonyl (C=O) groups is 1. The molecule has 0 saturated heterocycles. The van der Waals surface area contributed by atoms with Crippen LogP contribution in [0, 0.1) is 23.2 Å². The molecule has 0 aromatic carbocycles. The van der Waals surface area contributed by atoms with Crippen LogP contribution < -0.4 is 0 Å². The molecular formula is C17H16O2. The van der Waals surface area contributed by atoms with Gasteiger partial charge in [0.05, 0.1) is 5.41 Å². The lowest BCUT2D eigenvalue weighted by atomic mass is 9.65. The van der Waals surface area contributed by atoms with Gasteiger partial charge >= 0.3 is 0 Å². The second-order valence-electron chi connectivity index (χ2n) is 5.85. The Morgan fingerprint density at radius 1 is 1.11 bits per heavy atom. The fourth-order valence-electron chi connectivity index (χ4n) is 4.29. The van der Waals surface area contributed by atoms with Crippen molar-refractivity contribution in [1.82, 2.24) is 0 Å². The van der Waals surface area contributed by atoms with Crippen LogP contribution in [0.25, 0.3) is 0 Å². The summed E-state index contributed by atoms with van der Waals surface area (Å²) in [4.78, 5) is 12.7. The van der Waals surface area contributed by atoms with Gasteiger partial charge in [-0.1, -0.05) is 54.7 Å². The third-order valence-corrected chi connectivity index (χ3v) is 5.16. The first-order valence-corrected chi connectivity index (χ1v) is 6.87. The maximum Gasteiger partial charge on any atom is 0.169 e. The third kappa shape index (κ3) is 1.22. The van der Waals surface area contributed by atoms with E-state index in [2.05, 4.69) is 24.3 Å². The molecule has 0 aromatic rings. The summed E-state index contributed by atoms with van der Waals surface area (Å²) in [6.07, 6.45) is 18.4. The minimum Gasteiger partial charge on any atom is -0.385 e. The molecule has 96 valence electrons. The average molecular weight is 252 g/mol. The second kappa shape index (κ2) is 3.67. The molecule has 0 bridgehead atoms. The SMILES string of the molecule is O=C1C(O)C2C=CC=CC2C12CC=C1C=CC=CC12. The molecule has 0 amide bonds. The maximum atomic E-state index is 12.7. The van der Waals surface area contributed by atoms with E-state index in [0.29, 0.717) is 0 Å². The minimum absolute atomic E-state index is 0.0231. The molecule has 0 heterocycles. The molecule has 0 aliphatic heterocycles. The van der Waals surface area contributed by atoms with Crippen molar-refractivity contribution in [2.24, 2.45) is 23.2 Å². The largest absolute Gasteiger partial charge is 0.385 e. The van der Waals surface area contributed by atoms with Crippen molar-refractivity contribution in [3.63, 3.8) is 0 Å². The smallest absolute Gasteiger partial charge is 0.169 e. The Kier molecular flexibility index (Phi) is 2.16. The molecule has 0 radical (unpaired) electrons. The predicted octanol–water partition coefficient (Wildman–Crippen LogP) is 2.35. The number of fused-ring (bicyclic) bond motifs is 4. The number of allylic oxidation sites excluding steroid dienone is 9. The summed E-state index contributed by atoms with van der Waals surface area (Å²) in [6.45, 7) is 0. The van der Waals surface area contributed by atoms with E-state index in [0.717, 1.165) is 6.42 Å². The van der Waals surface area contributed by atoms with Gasteiger partial charge in [0.15, 0.2) is 5.78 Å². The van der Waals surface area contributed by atoms with Gasteiger partial charge in [0.2, 0.25) is 0 Å². The van der Waals surface area contributed by atoms with Gasteiger partial charge in [-0.05, 0) is 12.0 Å². The lowest BCUT2D eigenvalue weighted by Crippen LogP contribution is -2.38. The zero-order valence-electron chi connectivity index (χ0n) is 10.6. The molecule has 1 N–H and O–H groups in total. The molecule has 1 spiro atoms. The topological polar surface area (TPSA) is 37.3 Å². The van der Waals surface area contributed by atoms with Gasteiger partial charge in [-0.15, -0.1) is 0 Å². The van der Waals surface area contributed by atoms with Gasteiger partial charge in [-0.2, -0.15) is 0 Å². The molecule has 19 heavy (non-hydrogen) atoms. The minimum atomic E-state index is -0.849. The first-order valence-electron chi connectivity index (χ1n) is 6.87. The lowest BCUT2D eigenvalue weighted by molar-refractivity contribution is -0.134. The quantitative estimate of drug-likeness (QED) is 0.718. The van der Waals surface area contributed by atoms with Crippen molar-refractivity contribution in [3.05, 3.63) is 60.3 Å². The van der Waals surface area contributed by atoms with Crippen LogP contribution in [0.4, 0.5) is 0 Å². The zero-order valence-corrected chi connectivity index (χ0v) is 10.6. The van der Waals surface area contributed by atoms with Crippen LogP contribution in [-0.2, 0) is 4.79 Å². The molecule has 4 aliphatic carbocycles. The monoisotopic (exact) mass is 252 g/mol. The van der Waals surface area contributed by atoms with Crippen LogP contribution in [0.3, 0.4) is 0 Å². The second-order valence-corrected chi connectivity index (χ2v) is 5.85. The summed E-state index contributed by atoms with van der Waals surface area (Å²) in [7, 11) is 0. The summed E-state index contributed by atoms with van der Waals surface area (Å²) in [5, 5.41) is 10.3. The molecule has 1 fully saturated rings. The normalized spacial score (nSPS) is 45.7. The highest BCUT2D eigenvalue weighted by Crippen LogP contribution is 2.59. The number of carbonyl (C=O) groups excluding carboxylic acids is 1. The molecule has 1 saturated carbocycles. The Morgan fingerprint density at radius 2 is 1.89 bits per heavy atom. The van der Waals surface area contributed by atoms with E-state index >= 15 is 0 Å². The standard InChI is InChI=1S/C17H16O2/c18-15-12-6-2-4-8-14(12)17(16(15)19)10-9-11-5-1-3-7-13(11)17/h1-9,12-15,18H,10H2. The summed E-state index contributed by atoms with van der Waals surface area (Å²) >= 11 is 0. The molecular weight excluding hydrogens is 236 g/mol. The third-order valence-electron chi connectivity index (χ3n) is 5.16. The van der Waals surface area contributed by atoms with Gasteiger partial charge < -0.3 is 5.11 Å². The highest BCUT2D eigenvalue weighted by Gasteiger charge is 2.62. The van der Waals surface area contributed by atoms with Gasteiger partial charge in [0, 0.05) is 17.8 Å². The molecule has 5 atom stereocenters.